The van der Waals surface area contributed by atoms with Gasteiger partial charge in [-0.05, 0) is 24.1 Å². The number of alkyl halides is 3. The van der Waals surface area contributed by atoms with Crippen molar-refractivity contribution < 1.29 is 27.0 Å². The first-order chi connectivity index (χ1) is 7.90. The molecule has 0 aliphatic carbocycles. The fraction of sp³-hybridized carbons (Fsp3) is 0.300. The van der Waals surface area contributed by atoms with Crippen molar-refractivity contribution in [1.29, 1.82) is 0 Å². The number of hydrogen-bond acceptors (Lipinski definition) is 3. The number of benzene rings is 1. The van der Waals surface area contributed by atoms with Crippen molar-refractivity contribution in [3.63, 3.8) is 0 Å². The molecule has 0 unspecified atom stereocenters. The van der Waals surface area contributed by atoms with Crippen molar-refractivity contribution >= 4 is 17.8 Å². The second-order valence-corrected chi connectivity index (χ2v) is 3.30. The quantitative estimate of drug-likeness (QED) is 0.841. The highest BCUT2D eigenvalue weighted by Crippen LogP contribution is 2.22. The maximum atomic E-state index is 11.8. The van der Waals surface area contributed by atoms with E-state index in [0.717, 1.165) is 0 Å². The summed E-state index contributed by atoms with van der Waals surface area (Å²) >= 11 is 4.82. The van der Waals surface area contributed by atoms with Crippen LogP contribution in [0, 0.1) is 0 Å². The molecular weight excluding hydrogens is 261 g/mol. The molecule has 0 saturated carbocycles. The van der Waals surface area contributed by atoms with Crippen molar-refractivity contribution in [2.75, 3.05) is 0 Å². The highest BCUT2D eigenvalue weighted by Gasteiger charge is 2.30. The average molecular weight is 269 g/mol. The van der Waals surface area contributed by atoms with Crippen LogP contribution in [0.3, 0.4) is 0 Å². The third-order valence-corrected chi connectivity index (χ3v) is 2.03. The molecule has 0 fully saturated rings. The lowest BCUT2D eigenvalue weighted by molar-refractivity contribution is -0.274. The monoisotopic (exact) mass is 268 g/mol. The van der Waals surface area contributed by atoms with Gasteiger partial charge in [-0.1, -0.05) is 12.1 Å². The second-order valence-electron chi connectivity index (χ2n) is 3.14. The molecule has 0 saturated heterocycles. The van der Waals surface area contributed by atoms with E-state index in [0.29, 0.717) is 12.0 Å². The first kappa shape index (κ1) is 13.6. The molecule has 0 heterocycles. The van der Waals surface area contributed by atoms with E-state index in [4.69, 9.17) is 11.9 Å². The molecular formula is C10H8ClF3O3. The van der Waals surface area contributed by atoms with Crippen molar-refractivity contribution in [2.24, 2.45) is 0 Å². The van der Waals surface area contributed by atoms with Crippen molar-refractivity contribution in [1.82, 2.24) is 0 Å². The summed E-state index contributed by atoms with van der Waals surface area (Å²) in [4.78, 5) is 10.7. The van der Waals surface area contributed by atoms with E-state index in [1.54, 1.807) is 0 Å². The fourth-order valence-electron chi connectivity index (χ4n) is 1.14. The molecule has 0 bridgehead atoms. The number of hydrogen-bond donors (Lipinski definition) is 0. The molecule has 7 heteroatoms. The van der Waals surface area contributed by atoms with Crippen LogP contribution < -0.4 is 4.74 Å². The van der Waals surface area contributed by atoms with Crippen LogP contribution >= 0.6 is 11.9 Å². The zero-order chi connectivity index (χ0) is 12.9. The smallest absolute Gasteiger partial charge is 0.406 e. The summed E-state index contributed by atoms with van der Waals surface area (Å²) in [5, 5.41) is 0. The van der Waals surface area contributed by atoms with Crippen LogP contribution in [-0.2, 0) is 15.5 Å². The molecule has 3 nitrogen and oxygen atoms in total. The lowest BCUT2D eigenvalue weighted by Crippen LogP contribution is -2.17. The minimum atomic E-state index is -4.70. The van der Waals surface area contributed by atoms with Gasteiger partial charge in [0.15, 0.2) is 0 Å². The minimum Gasteiger partial charge on any atom is -0.406 e. The lowest BCUT2D eigenvalue weighted by atomic mass is 10.1. The molecule has 0 aliphatic rings. The van der Waals surface area contributed by atoms with Gasteiger partial charge in [0.05, 0.1) is 6.42 Å². The molecule has 1 aromatic rings. The average Bonchev–Trinajstić information content (AvgIpc) is 2.25. The molecule has 1 rings (SSSR count). The van der Waals surface area contributed by atoms with Crippen LogP contribution in [0.25, 0.3) is 0 Å². The van der Waals surface area contributed by atoms with E-state index in [9.17, 15) is 18.0 Å². The summed E-state index contributed by atoms with van der Waals surface area (Å²) in [6.07, 6.45) is -4.31. The molecule has 1 aromatic carbocycles. The Hall–Kier alpha value is -1.43. The van der Waals surface area contributed by atoms with Gasteiger partial charge in [0.1, 0.15) is 17.6 Å². The molecule has 0 aromatic heterocycles. The van der Waals surface area contributed by atoms with Gasteiger partial charge in [-0.15, -0.1) is 13.2 Å². The number of ether oxygens (including phenoxy) is 1. The maximum Gasteiger partial charge on any atom is 0.573 e. The van der Waals surface area contributed by atoms with Gasteiger partial charge in [0.2, 0.25) is 0 Å². The highest BCUT2D eigenvalue weighted by molar-refractivity contribution is 6.13. The van der Waals surface area contributed by atoms with Gasteiger partial charge < -0.3 is 9.03 Å². The van der Waals surface area contributed by atoms with Gasteiger partial charge in [-0.2, -0.15) is 0 Å². The fourth-order valence-corrected chi connectivity index (χ4v) is 1.22. The zero-order valence-electron chi connectivity index (χ0n) is 8.46. The van der Waals surface area contributed by atoms with E-state index in [2.05, 4.69) is 9.03 Å². The third-order valence-electron chi connectivity index (χ3n) is 1.86. The van der Waals surface area contributed by atoms with Gasteiger partial charge >= 0.3 is 12.3 Å². The lowest BCUT2D eigenvalue weighted by Gasteiger charge is -2.08. The molecule has 17 heavy (non-hydrogen) atoms. The summed E-state index contributed by atoms with van der Waals surface area (Å²) < 4.78 is 43.1. The van der Waals surface area contributed by atoms with Gasteiger partial charge in [0.25, 0.3) is 0 Å². The van der Waals surface area contributed by atoms with Gasteiger partial charge in [0, 0.05) is 0 Å². The molecule has 0 amide bonds. The molecule has 0 radical (unpaired) electrons. The topological polar surface area (TPSA) is 35.5 Å². The SMILES string of the molecule is O=C(CCc1ccc(OC(F)(F)F)cc1)OCl. The first-order valence-corrected chi connectivity index (χ1v) is 4.87. The molecule has 0 spiro atoms. The maximum absolute atomic E-state index is 11.8. The Bertz CT molecular complexity index is 375. The number of aryl methyl sites for hydroxylation is 1. The molecule has 0 N–H and O–H groups in total. The number of halogens is 4. The van der Waals surface area contributed by atoms with E-state index in [1.165, 1.54) is 24.3 Å². The number of rotatable bonds is 4. The Balaban J connectivity index is 2.53. The minimum absolute atomic E-state index is 0.0585. The van der Waals surface area contributed by atoms with Crippen LogP contribution in [-0.4, -0.2) is 12.3 Å². The van der Waals surface area contributed by atoms with Crippen molar-refractivity contribution in [2.45, 2.75) is 19.2 Å². The van der Waals surface area contributed by atoms with Crippen LogP contribution in [0.1, 0.15) is 12.0 Å². The number of carbonyl (C=O) groups is 1. The third kappa shape index (κ3) is 5.44. The predicted molar refractivity (Wildman–Crippen MR) is 53.4 cm³/mol. The zero-order valence-corrected chi connectivity index (χ0v) is 9.22. The van der Waals surface area contributed by atoms with E-state index >= 15 is 0 Å². The van der Waals surface area contributed by atoms with Crippen LogP contribution in [0.4, 0.5) is 13.2 Å². The summed E-state index contributed by atoms with van der Waals surface area (Å²) in [7, 11) is 0. The normalized spacial score (nSPS) is 11.1. The van der Waals surface area contributed by atoms with Gasteiger partial charge in [-0.3, -0.25) is 4.79 Å². The van der Waals surface area contributed by atoms with E-state index in [-0.39, 0.29) is 12.2 Å². The Kier molecular flexibility index (Phi) is 4.62. The number of carbonyl (C=O) groups excluding carboxylic acids is 1. The molecule has 0 atom stereocenters. The Morgan fingerprint density at radius 3 is 2.29 bits per heavy atom. The van der Waals surface area contributed by atoms with Crippen molar-refractivity contribution in [3.8, 4) is 5.75 Å². The van der Waals surface area contributed by atoms with Gasteiger partial charge in [-0.25, -0.2) is 0 Å². The van der Waals surface area contributed by atoms with Crippen LogP contribution in [0.5, 0.6) is 5.75 Å². The highest BCUT2D eigenvalue weighted by atomic mass is 35.5. The van der Waals surface area contributed by atoms with Crippen molar-refractivity contribution in [3.05, 3.63) is 29.8 Å². The summed E-state index contributed by atoms with van der Waals surface area (Å²) in [5.74, 6) is -0.900. The van der Waals surface area contributed by atoms with Crippen LogP contribution in [0.15, 0.2) is 24.3 Å². The second kappa shape index (κ2) is 5.77. The first-order valence-electron chi connectivity index (χ1n) is 4.57. The molecule has 94 valence electrons. The molecule has 0 aliphatic heterocycles. The Labute approximate surface area is 100 Å². The summed E-state index contributed by atoms with van der Waals surface area (Å²) in [6, 6.07) is 5.22. The van der Waals surface area contributed by atoms with E-state index in [1.807, 2.05) is 0 Å². The van der Waals surface area contributed by atoms with Crippen LogP contribution in [0.2, 0.25) is 0 Å². The summed E-state index contributed by atoms with van der Waals surface area (Å²) in [6.45, 7) is 0. The predicted octanol–water partition coefficient (Wildman–Crippen LogP) is 3.21. The Morgan fingerprint density at radius 2 is 1.82 bits per heavy atom. The summed E-state index contributed by atoms with van der Waals surface area (Å²) in [5.41, 5.74) is 0.682. The Morgan fingerprint density at radius 1 is 1.24 bits per heavy atom. The standard InChI is InChI=1S/C10H8ClF3O3/c11-17-9(15)6-3-7-1-4-8(5-2-7)16-10(12,13)14/h1-2,4-5H,3,6H2. The van der Waals surface area contributed by atoms with E-state index < -0.39 is 12.3 Å². The largest absolute Gasteiger partial charge is 0.573 e.